The lowest BCUT2D eigenvalue weighted by Gasteiger charge is -2.22. The van der Waals surface area contributed by atoms with Gasteiger partial charge in [-0.2, -0.15) is 4.31 Å². The highest BCUT2D eigenvalue weighted by atomic mass is 32.2. The SMILES string of the molecule is CCNc1ccc([N+](=O)[O-])cc1S(=O)(=O)N(C)C(C)C. The molecular formula is C12H19N3O4S. The fourth-order valence-corrected chi connectivity index (χ4v) is 3.16. The van der Waals surface area contributed by atoms with Crippen LogP contribution in [-0.4, -0.2) is 37.3 Å². The fourth-order valence-electron chi connectivity index (χ4n) is 1.61. The van der Waals surface area contributed by atoms with E-state index in [1.807, 2.05) is 6.92 Å². The minimum atomic E-state index is -3.78. The minimum Gasteiger partial charge on any atom is -0.384 e. The zero-order chi connectivity index (χ0) is 15.5. The van der Waals surface area contributed by atoms with E-state index >= 15 is 0 Å². The molecule has 1 rings (SSSR count). The summed E-state index contributed by atoms with van der Waals surface area (Å²) in [5, 5.41) is 13.7. The summed E-state index contributed by atoms with van der Waals surface area (Å²) in [6.07, 6.45) is 0. The first kappa shape index (κ1) is 16.4. The van der Waals surface area contributed by atoms with Crippen molar-refractivity contribution in [2.45, 2.75) is 31.7 Å². The molecule has 112 valence electrons. The van der Waals surface area contributed by atoms with E-state index in [-0.39, 0.29) is 16.6 Å². The molecule has 0 spiro atoms. The summed E-state index contributed by atoms with van der Waals surface area (Å²) in [5.41, 5.74) is 0.119. The second-order valence-electron chi connectivity index (χ2n) is 4.58. The van der Waals surface area contributed by atoms with Crippen molar-refractivity contribution in [1.82, 2.24) is 4.31 Å². The van der Waals surface area contributed by atoms with E-state index in [0.29, 0.717) is 12.2 Å². The van der Waals surface area contributed by atoms with Crippen molar-refractivity contribution in [3.05, 3.63) is 28.3 Å². The topological polar surface area (TPSA) is 92.5 Å². The van der Waals surface area contributed by atoms with Crippen LogP contribution < -0.4 is 5.32 Å². The van der Waals surface area contributed by atoms with Gasteiger partial charge in [0.25, 0.3) is 5.69 Å². The van der Waals surface area contributed by atoms with Crippen LogP contribution in [0.1, 0.15) is 20.8 Å². The van der Waals surface area contributed by atoms with Crippen molar-refractivity contribution in [1.29, 1.82) is 0 Å². The number of hydrogen-bond acceptors (Lipinski definition) is 5. The van der Waals surface area contributed by atoms with Crippen LogP contribution in [0.3, 0.4) is 0 Å². The van der Waals surface area contributed by atoms with Gasteiger partial charge in [-0.1, -0.05) is 0 Å². The third-order valence-corrected chi connectivity index (χ3v) is 5.00. The van der Waals surface area contributed by atoms with E-state index in [4.69, 9.17) is 0 Å². The highest BCUT2D eigenvalue weighted by molar-refractivity contribution is 7.89. The molecule has 7 nitrogen and oxygen atoms in total. The summed E-state index contributed by atoms with van der Waals surface area (Å²) >= 11 is 0. The number of hydrogen-bond donors (Lipinski definition) is 1. The number of non-ortho nitro benzene ring substituents is 1. The molecule has 20 heavy (non-hydrogen) atoms. The van der Waals surface area contributed by atoms with Gasteiger partial charge in [0.2, 0.25) is 10.0 Å². The van der Waals surface area contributed by atoms with E-state index in [2.05, 4.69) is 5.32 Å². The molecule has 0 amide bonds. The molecule has 1 aromatic rings. The number of benzene rings is 1. The van der Waals surface area contributed by atoms with Crippen LogP contribution in [-0.2, 0) is 10.0 Å². The van der Waals surface area contributed by atoms with Gasteiger partial charge in [-0.05, 0) is 26.8 Å². The summed E-state index contributed by atoms with van der Waals surface area (Å²) in [5.74, 6) is 0. The number of rotatable bonds is 6. The van der Waals surface area contributed by atoms with Gasteiger partial charge in [0.15, 0.2) is 0 Å². The van der Waals surface area contributed by atoms with Crippen molar-refractivity contribution in [2.75, 3.05) is 18.9 Å². The first-order valence-electron chi connectivity index (χ1n) is 6.22. The number of sulfonamides is 1. The van der Waals surface area contributed by atoms with Gasteiger partial charge in [-0.15, -0.1) is 0 Å². The molecule has 0 bridgehead atoms. The van der Waals surface area contributed by atoms with E-state index < -0.39 is 14.9 Å². The van der Waals surface area contributed by atoms with Crippen LogP contribution in [0, 0.1) is 10.1 Å². The Balaban J connectivity index is 3.46. The zero-order valence-corrected chi connectivity index (χ0v) is 12.8. The number of nitro benzene ring substituents is 1. The third-order valence-electron chi connectivity index (χ3n) is 2.93. The molecule has 0 aliphatic heterocycles. The molecule has 0 aromatic heterocycles. The van der Waals surface area contributed by atoms with Crippen molar-refractivity contribution in [3.63, 3.8) is 0 Å². The van der Waals surface area contributed by atoms with Gasteiger partial charge >= 0.3 is 0 Å². The maximum Gasteiger partial charge on any atom is 0.270 e. The van der Waals surface area contributed by atoms with Crippen LogP contribution in [0.25, 0.3) is 0 Å². The van der Waals surface area contributed by atoms with Crippen LogP contribution in [0.4, 0.5) is 11.4 Å². The first-order valence-corrected chi connectivity index (χ1v) is 7.66. The molecular weight excluding hydrogens is 282 g/mol. The Morgan fingerprint density at radius 2 is 2.00 bits per heavy atom. The predicted octanol–water partition coefficient (Wildman–Crippen LogP) is 2.06. The van der Waals surface area contributed by atoms with Gasteiger partial charge in [-0.3, -0.25) is 10.1 Å². The summed E-state index contributed by atoms with van der Waals surface area (Å²) in [6.45, 7) is 5.82. The average Bonchev–Trinajstić information content (AvgIpc) is 2.38. The van der Waals surface area contributed by atoms with E-state index in [9.17, 15) is 18.5 Å². The molecule has 0 unspecified atom stereocenters. The summed E-state index contributed by atoms with van der Waals surface area (Å²) in [6, 6.07) is 3.55. The molecule has 0 aliphatic rings. The molecule has 0 saturated heterocycles. The highest BCUT2D eigenvalue weighted by Crippen LogP contribution is 2.29. The van der Waals surface area contributed by atoms with Crippen molar-refractivity contribution in [2.24, 2.45) is 0 Å². The Hall–Kier alpha value is -1.67. The Labute approximate surface area is 118 Å². The van der Waals surface area contributed by atoms with E-state index in [0.717, 1.165) is 6.07 Å². The Bertz CT molecular complexity index is 599. The van der Waals surface area contributed by atoms with E-state index in [1.54, 1.807) is 13.8 Å². The molecule has 0 heterocycles. The van der Waals surface area contributed by atoms with Gasteiger partial charge in [0.1, 0.15) is 4.90 Å². The lowest BCUT2D eigenvalue weighted by molar-refractivity contribution is -0.385. The predicted molar refractivity (Wildman–Crippen MR) is 77.3 cm³/mol. The molecule has 0 saturated carbocycles. The second kappa shape index (κ2) is 6.19. The molecule has 0 atom stereocenters. The number of nitrogens with zero attached hydrogens (tertiary/aromatic N) is 2. The number of nitro groups is 1. The van der Waals surface area contributed by atoms with Crippen LogP contribution >= 0.6 is 0 Å². The molecule has 0 fully saturated rings. The van der Waals surface area contributed by atoms with Crippen LogP contribution in [0.15, 0.2) is 23.1 Å². The number of anilines is 1. The molecule has 0 radical (unpaired) electrons. The normalized spacial score (nSPS) is 11.9. The van der Waals surface area contributed by atoms with Crippen molar-refractivity contribution < 1.29 is 13.3 Å². The second-order valence-corrected chi connectivity index (χ2v) is 6.55. The molecule has 8 heteroatoms. The van der Waals surface area contributed by atoms with Gasteiger partial charge in [0, 0.05) is 31.8 Å². The summed E-state index contributed by atoms with van der Waals surface area (Å²) in [4.78, 5) is 10.1. The lowest BCUT2D eigenvalue weighted by Crippen LogP contribution is -2.33. The largest absolute Gasteiger partial charge is 0.384 e. The standard InChI is InChI=1S/C12H19N3O4S/c1-5-13-11-7-6-10(15(16)17)8-12(11)20(18,19)14(4)9(2)3/h6-9,13H,5H2,1-4H3. The fraction of sp³-hybridized carbons (Fsp3) is 0.500. The molecule has 1 N–H and O–H groups in total. The minimum absolute atomic E-state index is 0.0789. The van der Waals surface area contributed by atoms with Crippen LogP contribution in [0.5, 0.6) is 0 Å². The maximum atomic E-state index is 12.5. The quantitative estimate of drug-likeness (QED) is 0.641. The maximum absolute atomic E-state index is 12.5. The Morgan fingerprint density at radius 1 is 1.40 bits per heavy atom. The Kier molecular flexibility index (Phi) is 5.07. The van der Waals surface area contributed by atoms with Crippen LogP contribution in [0.2, 0.25) is 0 Å². The molecule has 1 aromatic carbocycles. The monoisotopic (exact) mass is 301 g/mol. The van der Waals surface area contributed by atoms with Crippen molar-refractivity contribution in [3.8, 4) is 0 Å². The lowest BCUT2D eigenvalue weighted by atomic mass is 10.3. The van der Waals surface area contributed by atoms with Crippen molar-refractivity contribution >= 4 is 21.4 Å². The first-order chi connectivity index (χ1) is 9.21. The smallest absolute Gasteiger partial charge is 0.270 e. The summed E-state index contributed by atoms with van der Waals surface area (Å²) in [7, 11) is -2.33. The Morgan fingerprint density at radius 3 is 2.45 bits per heavy atom. The average molecular weight is 301 g/mol. The zero-order valence-electron chi connectivity index (χ0n) is 12.0. The third kappa shape index (κ3) is 3.26. The summed E-state index contributed by atoms with van der Waals surface area (Å²) < 4.78 is 26.2. The van der Waals surface area contributed by atoms with E-state index in [1.165, 1.54) is 23.5 Å². The van der Waals surface area contributed by atoms with Gasteiger partial charge in [-0.25, -0.2) is 8.42 Å². The number of nitrogens with one attached hydrogen (secondary N) is 1. The van der Waals surface area contributed by atoms with Gasteiger partial charge in [0.05, 0.1) is 10.6 Å². The van der Waals surface area contributed by atoms with Gasteiger partial charge < -0.3 is 5.32 Å². The highest BCUT2D eigenvalue weighted by Gasteiger charge is 2.27. The molecule has 0 aliphatic carbocycles.